The number of para-hydroxylation sites is 1. The van der Waals surface area contributed by atoms with E-state index in [4.69, 9.17) is 27.8 Å². The fourth-order valence-electron chi connectivity index (χ4n) is 4.19. The lowest BCUT2D eigenvalue weighted by Crippen LogP contribution is -2.23. The van der Waals surface area contributed by atoms with Crippen molar-refractivity contribution in [1.82, 2.24) is 15.1 Å². The molecular weight excluding hydrogens is 442 g/mol. The Morgan fingerprint density at radius 1 is 1.18 bits per heavy atom. The number of nitrogen functional groups attached to an aromatic ring is 1. The zero-order valence-corrected chi connectivity index (χ0v) is 19.0. The fraction of sp³-hybridized carbons (Fsp3) is 0.292. The normalized spacial score (nSPS) is 17.6. The number of carbonyl (C=O) groups is 2. The first-order valence-electron chi connectivity index (χ1n) is 10.7. The number of amides is 2. The van der Waals surface area contributed by atoms with Crippen LogP contribution in [-0.2, 0) is 6.54 Å². The molecule has 0 spiro atoms. The summed E-state index contributed by atoms with van der Waals surface area (Å²) in [4.78, 5) is 24.7. The summed E-state index contributed by atoms with van der Waals surface area (Å²) in [6, 6.07) is 14.5. The first kappa shape index (κ1) is 22.7. The Hall–Kier alpha value is -3.52. The lowest BCUT2D eigenvalue weighted by atomic mass is 10.0. The molecule has 0 saturated heterocycles. The molecule has 0 radical (unpaired) electrons. The minimum atomic E-state index is -0.623. The summed E-state index contributed by atoms with van der Waals surface area (Å²) >= 11 is 6.25. The van der Waals surface area contributed by atoms with Gasteiger partial charge >= 0.3 is 0 Å². The van der Waals surface area contributed by atoms with Crippen LogP contribution in [0.2, 0.25) is 0 Å². The van der Waals surface area contributed by atoms with Gasteiger partial charge in [0.2, 0.25) is 0 Å². The van der Waals surface area contributed by atoms with Crippen LogP contribution in [0.4, 0.5) is 5.82 Å². The molecule has 2 amide bonds. The number of aromatic nitrogens is 2. The Labute approximate surface area is 196 Å². The van der Waals surface area contributed by atoms with Crippen molar-refractivity contribution >= 4 is 29.2 Å². The van der Waals surface area contributed by atoms with E-state index in [0.717, 1.165) is 30.4 Å². The summed E-state index contributed by atoms with van der Waals surface area (Å²) in [7, 11) is 1.53. The van der Waals surface area contributed by atoms with Crippen molar-refractivity contribution in [3.05, 3.63) is 65.2 Å². The third kappa shape index (κ3) is 4.66. The van der Waals surface area contributed by atoms with Gasteiger partial charge in [-0.05, 0) is 37.0 Å². The van der Waals surface area contributed by atoms with Gasteiger partial charge < -0.3 is 21.5 Å². The second-order valence-corrected chi connectivity index (χ2v) is 8.68. The van der Waals surface area contributed by atoms with Crippen molar-refractivity contribution in [2.45, 2.75) is 37.2 Å². The highest BCUT2D eigenvalue weighted by atomic mass is 35.5. The minimum Gasteiger partial charge on any atom is -0.496 e. The van der Waals surface area contributed by atoms with Gasteiger partial charge in [-0.3, -0.25) is 9.59 Å². The molecule has 2 aromatic carbocycles. The number of nitrogens with two attached hydrogens (primary N) is 2. The quantitative estimate of drug-likeness (QED) is 0.458. The van der Waals surface area contributed by atoms with Crippen LogP contribution in [0.3, 0.4) is 0 Å². The molecule has 33 heavy (non-hydrogen) atoms. The van der Waals surface area contributed by atoms with Gasteiger partial charge in [-0.2, -0.15) is 5.10 Å². The van der Waals surface area contributed by atoms with E-state index in [0.29, 0.717) is 23.6 Å². The number of alkyl halides is 1. The van der Waals surface area contributed by atoms with Crippen molar-refractivity contribution in [3.63, 3.8) is 0 Å². The van der Waals surface area contributed by atoms with Crippen LogP contribution in [0.25, 0.3) is 11.3 Å². The Morgan fingerprint density at radius 2 is 1.91 bits per heavy atom. The van der Waals surface area contributed by atoms with Crippen molar-refractivity contribution < 1.29 is 14.3 Å². The van der Waals surface area contributed by atoms with Crippen LogP contribution in [0.5, 0.6) is 5.75 Å². The highest BCUT2D eigenvalue weighted by Crippen LogP contribution is 2.37. The van der Waals surface area contributed by atoms with Crippen LogP contribution in [-0.4, -0.2) is 34.1 Å². The average molecular weight is 468 g/mol. The fourth-order valence-corrected chi connectivity index (χ4v) is 4.52. The maximum atomic E-state index is 12.5. The summed E-state index contributed by atoms with van der Waals surface area (Å²) in [5, 5.41) is 7.59. The second-order valence-electron chi connectivity index (χ2n) is 8.06. The minimum absolute atomic E-state index is 0.0452. The number of halogens is 1. The molecule has 2 unspecified atom stereocenters. The van der Waals surface area contributed by atoms with E-state index in [1.807, 2.05) is 30.3 Å². The molecule has 1 aliphatic rings. The number of rotatable bonds is 7. The molecule has 9 heteroatoms. The summed E-state index contributed by atoms with van der Waals surface area (Å²) in [5.74, 6) is -0.0720. The molecule has 172 valence electrons. The van der Waals surface area contributed by atoms with E-state index in [1.54, 1.807) is 22.9 Å². The molecule has 1 fully saturated rings. The number of hydrogen-bond donors (Lipinski definition) is 3. The van der Waals surface area contributed by atoms with Crippen LogP contribution in [0.1, 0.15) is 51.6 Å². The molecular formula is C24H26ClN5O3. The van der Waals surface area contributed by atoms with E-state index in [-0.39, 0.29) is 28.7 Å². The van der Waals surface area contributed by atoms with Gasteiger partial charge in [0.15, 0.2) is 0 Å². The van der Waals surface area contributed by atoms with Gasteiger partial charge in [-0.25, -0.2) is 4.68 Å². The molecule has 0 bridgehead atoms. The van der Waals surface area contributed by atoms with E-state index in [1.165, 1.54) is 7.11 Å². The predicted octanol–water partition coefficient (Wildman–Crippen LogP) is 3.50. The third-order valence-electron chi connectivity index (χ3n) is 5.91. The molecule has 1 heterocycles. The molecule has 5 N–H and O–H groups in total. The molecule has 2 atom stereocenters. The van der Waals surface area contributed by atoms with Gasteiger partial charge in [0.1, 0.15) is 22.8 Å². The van der Waals surface area contributed by atoms with Gasteiger partial charge in [-0.15, -0.1) is 11.6 Å². The highest BCUT2D eigenvalue weighted by Gasteiger charge is 2.30. The van der Waals surface area contributed by atoms with E-state index in [9.17, 15) is 9.59 Å². The Morgan fingerprint density at radius 3 is 2.55 bits per heavy atom. The topological polar surface area (TPSA) is 125 Å². The molecule has 8 nitrogen and oxygen atoms in total. The van der Waals surface area contributed by atoms with Crippen LogP contribution < -0.4 is 21.5 Å². The smallest absolute Gasteiger partial charge is 0.255 e. The maximum absolute atomic E-state index is 12.5. The number of hydrogen-bond acceptors (Lipinski definition) is 5. The third-order valence-corrected chi connectivity index (χ3v) is 6.31. The lowest BCUT2D eigenvalue weighted by molar-refractivity contribution is 0.0946. The summed E-state index contributed by atoms with van der Waals surface area (Å²) in [6.45, 7) is 0.329. The van der Waals surface area contributed by atoms with Crippen molar-refractivity contribution in [3.8, 4) is 17.0 Å². The molecule has 4 rings (SSSR count). The van der Waals surface area contributed by atoms with Gasteiger partial charge in [0.05, 0.1) is 18.7 Å². The zero-order valence-electron chi connectivity index (χ0n) is 18.3. The maximum Gasteiger partial charge on any atom is 0.255 e. The van der Waals surface area contributed by atoms with Crippen molar-refractivity contribution in [2.24, 2.45) is 5.73 Å². The van der Waals surface area contributed by atoms with Crippen LogP contribution in [0, 0.1) is 0 Å². The van der Waals surface area contributed by atoms with E-state index >= 15 is 0 Å². The highest BCUT2D eigenvalue weighted by molar-refractivity contribution is 6.20. The SMILES string of the molecule is COc1ccccc1C(=O)NCc1ccc(-c2nn(C3CCC(Cl)C3)c(N)c2C(N)=O)cc1. The lowest BCUT2D eigenvalue weighted by Gasteiger charge is -2.11. The van der Waals surface area contributed by atoms with E-state index < -0.39 is 5.91 Å². The van der Waals surface area contributed by atoms with Crippen molar-refractivity contribution in [1.29, 1.82) is 0 Å². The predicted molar refractivity (Wildman–Crippen MR) is 127 cm³/mol. The van der Waals surface area contributed by atoms with Crippen LogP contribution in [0.15, 0.2) is 48.5 Å². The standard InChI is InChI=1S/C24H26ClN5O3/c1-33-19-5-3-2-4-18(19)24(32)28-13-14-6-8-15(9-7-14)21-20(23(27)31)22(26)30(29-21)17-11-10-16(25)12-17/h2-9,16-17H,10-13,26H2,1H3,(H2,27,31)(H,28,32). The Bertz CT molecular complexity index is 1180. The number of nitrogens with one attached hydrogen (secondary N) is 1. The first-order chi connectivity index (χ1) is 15.9. The summed E-state index contributed by atoms with van der Waals surface area (Å²) in [5.41, 5.74) is 14.6. The number of ether oxygens (including phenoxy) is 1. The Balaban J connectivity index is 1.52. The number of methoxy groups -OCH3 is 1. The largest absolute Gasteiger partial charge is 0.496 e. The van der Waals surface area contributed by atoms with Crippen molar-refractivity contribution in [2.75, 3.05) is 12.8 Å². The number of benzene rings is 2. The molecule has 1 saturated carbocycles. The van der Waals surface area contributed by atoms with Gasteiger partial charge in [-0.1, -0.05) is 36.4 Å². The summed E-state index contributed by atoms with van der Waals surface area (Å²) < 4.78 is 6.92. The van der Waals surface area contributed by atoms with Gasteiger partial charge in [0, 0.05) is 17.5 Å². The second kappa shape index (κ2) is 9.54. The molecule has 3 aromatic rings. The van der Waals surface area contributed by atoms with E-state index in [2.05, 4.69) is 10.4 Å². The number of nitrogens with zero attached hydrogens (tertiary/aromatic N) is 2. The molecule has 1 aliphatic carbocycles. The number of carbonyl (C=O) groups excluding carboxylic acids is 2. The van der Waals surface area contributed by atoms with Gasteiger partial charge in [0.25, 0.3) is 11.8 Å². The number of anilines is 1. The Kier molecular flexibility index (Phi) is 6.55. The molecule has 0 aliphatic heterocycles. The summed E-state index contributed by atoms with van der Waals surface area (Å²) in [6.07, 6.45) is 2.47. The molecule has 1 aromatic heterocycles. The number of primary amides is 1. The average Bonchev–Trinajstić information content (AvgIpc) is 3.40. The monoisotopic (exact) mass is 467 g/mol. The zero-order chi connectivity index (χ0) is 23.5. The van der Waals surface area contributed by atoms with Crippen LogP contribution >= 0.6 is 11.6 Å². The first-order valence-corrected chi connectivity index (χ1v) is 11.1.